The number of nitro groups is 1. The van der Waals surface area contributed by atoms with Gasteiger partial charge in [0.2, 0.25) is 0 Å². The lowest BCUT2D eigenvalue weighted by Gasteiger charge is -2.06. The van der Waals surface area contributed by atoms with Crippen LogP contribution < -0.4 is 5.32 Å². The average Bonchev–Trinajstić information content (AvgIpc) is 2.46. The molecule has 0 aliphatic heterocycles. The first-order chi connectivity index (χ1) is 10.2. The smallest absolute Gasteiger partial charge is 0.301 e. The number of rotatable bonds is 4. The predicted octanol–water partition coefficient (Wildman–Crippen LogP) is 1.08. The third-order valence-corrected chi connectivity index (χ3v) is 3.19. The van der Waals surface area contributed by atoms with Gasteiger partial charge in [-0.05, 0) is 12.1 Å². The zero-order valence-corrected chi connectivity index (χ0v) is 11.3. The highest BCUT2D eigenvalue weighted by Crippen LogP contribution is 2.27. The molecule has 0 radical (unpaired) electrons. The van der Waals surface area contributed by atoms with Crippen molar-refractivity contribution in [2.45, 2.75) is 4.90 Å². The molecule has 2 N–H and O–H groups in total. The molecule has 0 aromatic heterocycles. The van der Waals surface area contributed by atoms with E-state index in [0.717, 1.165) is 18.2 Å². The molecule has 0 fully saturated rings. The summed E-state index contributed by atoms with van der Waals surface area (Å²) in [6, 6.07) is 6.98. The van der Waals surface area contributed by atoms with E-state index in [1.165, 1.54) is 18.2 Å². The average molecular weight is 319 g/mol. The Labute approximate surface area is 124 Å². The van der Waals surface area contributed by atoms with Gasteiger partial charge in [0, 0.05) is 11.8 Å². The van der Waals surface area contributed by atoms with E-state index in [0.29, 0.717) is 0 Å². The SMILES string of the molecule is N#CC(C#N)=C(C#N)Nc1ccc(S(=O)(=O)O)c([N+](=O)[O-])c1. The maximum atomic E-state index is 11.0. The van der Waals surface area contributed by atoms with Crippen LogP contribution in [0.25, 0.3) is 0 Å². The number of nitrogens with zero attached hydrogens (tertiary/aromatic N) is 4. The van der Waals surface area contributed by atoms with Crippen molar-refractivity contribution in [2.24, 2.45) is 0 Å². The minimum absolute atomic E-state index is 0.112. The molecule has 10 nitrogen and oxygen atoms in total. The normalized spacial score (nSPS) is 9.73. The first kappa shape index (κ1) is 16.6. The van der Waals surface area contributed by atoms with Crippen molar-refractivity contribution in [2.75, 3.05) is 5.32 Å². The van der Waals surface area contributed by atoms with Crippen LogP contribution in [0.1, 0.15) is 0 Å². The van der Waals surface area contributed by atoms with Crippen molar-refractivity contribution in [3.8, 4) is 18.2 Å². The Morgan fingerprint density at radius 3 is 2.23 bits per heavy atom. The molecule has 0 saturated carbocycles. The number of hydrogen-bond donors (Lipinski definition) is 2. The highest BCUT2D eigenvalue weighted by molar-refractivity contribution is 7.86. The number of anilines is 1. The molecule has 22 heavy (non-hydrogen) atoms. The standard InChI is InChI=1S/C11H5N5O5S/c12-4-7(5-13)9(6-14)15-8-1-2-11(22(19,20)21)10(3-8)16(17)18/h1-3,15H,(H,19,20,21). The Morgan fingerprint density at radius 1 is 1.23 bits per heavy atom. The van der Waals surface area contributed by atoms with Crippen molar-refractivity contribution in [1.29, 1.82) is 15.8 Å². The molecule has 0 spiro atoms. The number of nitrogens with one attached hydrogen (secondary N) is 1. The maximum Gasteiger partial charge on any atom is 0.301 e. The van der Waals surface area contributed by atoms with E-state index in [4.69, 9.17) is 20.3 Å². The van der Waals surface area contributed by atoms with Crippen molar-refractivity contribution in [3.63, 3.8) is 0 Å². The molecule has 0 aliphatic carbocycles. The Balaban J connectivity index is 3.44. The molecule has 0 aliphatic rings. The summed E-state index contributed by atoms with van der Waals surface area (Å²) in [6.45, 7) is 0. The lowest BCUT2D eigenvalue weighted by Crippen LogP contribution is -2.05. The molecule has 0 atom stereocenters. The van der Waals surface area contributed by atoms with Crippen LogP contribution in [0.4, 0.5) is 11.4 Å². The Bertz CT molecular complexity index is 882. The second-order valence-electron chi connectivity index (χ2n) is 3.63. The maximum absolute atomic E-state index is 11.0. The van der Waals surface area contributed by atoms with Crippen LogP contribution in [-0.2, 0) is 10.1 Å². The molecule has 1 aromatic rings. The fraction of sp³-hybridized carbons (Fsp3) is 0. The molecule has 0 amide bonds. The summed E-state index contributed by atoms with van der Waals surface area (Å²) in [6.07, 6.45) is 0. The van der Waals surface area contributed by atoms with Gasteiger partial charge in [-0.2, -0.15) is 24.2 Å². The van der Waals surface area contributed by atoms with Gasteiger partial charge < -0.3 is 5.32 Å². The fourth-order valence-corrected chi connectivity index (χ4v) is 2.02. The lowest BCUT2D eigenvalue weighted by atomic mass is 10.2. The molecule has 0 unspecified atom stereocenters. The zero-order chi connectivity index (χ0) is 16.9. The minimum Gasteiger partial charge on any atom is -0.345 e. The van der Waals surface area contributed by atoms with Gasteiger partial charge in [0.15, 0.2) is 10.5 Å². The number of hydrogen-bond acceptors (Lipinski definition) is 8. The predicted molar refractivity (Wildman–Crippen MR) is 70.4 cm³/mol. The van der Waals surface area contributed by atoms with Gasteiger partial charge in [0.1, 0.15) is 23.9 Å². The highest BCUT2D eigenvalue weighted by atomic mass is 32.2. The molecule has 1 rings (SSSR count). The van der Waals surface area contributed by atoms with Crippen LogP contribution in [0, 0.1) is 44.1 Å². The van der Waals surface area contributed by atoms with Gasteiger partial charge in [0.25, 0.3) is 5.69 Å². The topological polar surface area (TPSA) is 181 Å². The van der Waals surface area contributed by atoms with Gasteiger partial charge >= 0.3 is 10.1 Å². The van der Waals surface area contributed by atoms with Crippen molar-refractivity contribution in [1.82, 2.24) is 0 Å². The Kier molecular flexibility index (Phi) is 4.77. The second kappa shape index (κ2) is 6.33. The fourth-order valence-electron chi connectivity index (χ4n) is 1.38. The third kappa shape index (κ3) is 3.55. The summed E-state index contributed by atoms with van der Waals surface area (Å²) < 4.78 is 31.0. The molecule has 0 saturated heterocycles. The highest BCUT2D eigenvalue weighted by Gasteiger charge is 2.24. The van der Waals surface area contributed by atoms with Gasteiger partial charge in [-0.3, -0.25) is 14.7 Å². The summed E-state index contributed by atoms with van der Waals surface area (Å²) in [7, 11) is -4.81. The molecule has 0 heterocycles. The second-order valence-corrected chi connectivity index (χ2v) is 5.02. The van der Waals surface area contributed by atoms with E-state index in [1.54, 1.807) is 0 Å². The molecule has 11 heteroatoms. The van der Waals surface area contributed by atoms with E-state index in [9.17, 15) is 18.5 Å². The summed E-state index contributed by atoms with van der Waals surface area (Å²) in [5, 5.41) is 39.3. The van der Waals surface area contributed by atoms with E-state index >= 15 is 0 Å². The van der Waals surface area contributed by atoms with Gasteiger partial charge in [-0.1, -0.05) is 0 Å². The van der Waals surface area contributed by atoms with Crippen molar-refractivity contribution in [3.05, 3.63) is 39.6 Å². The van der Waals surface area contributed by atoms with Gasteiger partial charge in [-0.15, -0.1) is 0 Å². The monoisotopic (exact) mass is 319 g/mol. The van der Waals surface area contributed by atoms with Crippen molar-refractivity contribution >= 4 is 21.5 Å². The van der Waals surface area contributed by atoms with Crippen LogP contribution in [0.3, 0.4) is 0 Å². The van der Waals surface area contributed by atoms with Crippen LogP contribution in [-0.4, -0.2) is 17.9 Å². The molecule has 0 bridgehead atoms. The Morgan fingerprint density at radius 2 is 1.82 bits per heavy atom. The van der Waals surface area contributed by atoms with Crippen LogP contribution in [0.15, 0.2) is 34.4 Å². The largest absolute Gasteiger partial charge is 0.345 e. The Hall–Kier alpha value is -3.46. The summed E-state index contributed by atoms with van der Waals surface area (Å²) in [5.74, 6) is 0. The van der Waals surface area contributed by atoms with Crippen LogP contribution in [0.5, 0.6) is 0 Å². The van der Waals surface area contributed by atoms with E-state index < -0.39 is 36.9 Å². The van der Waals surface area contributed by atoms with Gasteiger partial charge in [0.05, 0.1) is 4.92 Å². The van der Waals surface area contributed by atoms with Crippen LogP contribution in [0.2, 0.25) is 0 Å². The number of allylic oxidation sites excluding steroid dienone is 2. The molecular formula is C11H5N5O5S. The van der Waals surface area contributed by atoms with Crippen LogP contribution >= 0.6 is 0 Å². The lowest BCUT2D eigenvalue weighted by molar-refractivity contribution is -0.387. The van der Waals surface area contributed by atoms with Gasteiger partial charge in [-0.25, -0.2) is 0 Å². The number of nitro benzene ring substituents is 1. The van der Waals surface area contributed by atoms with E-state index in [-0.39, 0.29) is 5.69 Å². The summed E-state index contributed by atoms with van der Waals surface area (Å²) in [5.41, 5.74) is -2.05. The molecule has 1 aromatic carbocycles. The number of benzene rings is 1. The van der Waals surface area contributed by atoms with Crippen molar-refractivity contribution < 1.29 is 17.9 Å². The zero-order valence-electron chi connectivity index (χ0n) is 10.5. The van der Waals surface area contributed by atoms with E-state index in [1.807, 2.05) is 0 Å². The minimum atomic E-state index is -4.81. The molecular weight excluding hydrogens is 314 g/mol. The van der Waals surface area contributed by atoms with E-state index in [2.05, 4.69) is 5.32 Å². The first-order valence-corrected chi connectivity index (χ1v) is 6.66. The molecule has 110 valence electrons. The summed E-state index contributed by atoms with van der Waals surface area (Å²) in [4.78, 5) is 8.88. The quantitative estimate of drug-likeness (QED) is 0.355. The summed E-state index contributed by atoms with van der Waals surface area (Å²) >= 11 is 0. The number of nitriles is 3. The third-order valence-electron chi connectivity index (χ3n) is 2.29. The first-order valence-electron chi connectivity index (χ1n) is 5.22.